The van der Waals surface area contributed by atoms with Crippen LogP contribution in [0.15, 0.2) is 16.5 Å². The van der Waals surface area contributed by atoms with Crippen molar-refractivity contribution in [1.82, 2.24) is 5.32 Å². The Morgan fingerprint density at radius 3 is 2.86 bits per heavy atom. The monoisotopic (exact) mass is 197 g/mol. The summed E-state index contributed by atoms with van der Waals surface area (Å²) in [5, 5.41) is 12.0. The molecule has 0 aromatic carbocycles. The van der Waals surface area contributed by atoms with Gasteiger partial charge in [0, 0.05) is 6.61 Å². The van der Waals surface area contributed by atoms with Crippen LogP contribution < -0.4 is 5.32 Å². The smallest absolute Gasteiger partial charge is 0.117 e. The Hall–Kier alpha value is -0.800. The Bertz CT molecular complexity index is 258. The van der Waals surface area contributed by atoms with Gasteiger partial charge in [0.1, 0.15) is 11.5 Å². The van der Waals surface area contributed by atoms with E-state index in [0.717, 1.165) is 31.0 Å². The molecule has 1 aromatic heterocycles. The van der Waals surface area contributed by atoms with Gasteiger partial charge in [-0.2, -0.15) is 0 Å². The fraction of sp³-hybridized carbons (Fsp3) is 0.636. The van der Waals surface area contributed by atoms with Crippen LogP contribution in [0.2, 0.25) is 0 Å². The average molecular weight is 197 g/mol. The molecular formula is C11H19NO2. The van der Waals surface area contributed by atoms with Crippen LogP contribution in [0.1, 0.15) is 24.9 Å². The number of hydrogen-bond acceptors (Lipinski definition) is 3. The molecule has 0 bridgehead atoms. The normalized spacial score (nSPS) is 13.1. The third-order valence-electron chi connectivity index (χ3n) is 2.21. The van der Waals surface area contributed by atoms with Crippen molar-refractivity contribution in [3.05, 3.63) is 23.7 Å². The Balaban J connectivity index is 2.15. The maximum Gasteiger partial charge on any atom is 0.117 e. The first-order chi connectivity index (χ1) is 6.72. The van der Waals surface area contributed by atoms with Crippen LogP contribution in [-0.4, -0.2) is 18.3 Å². The number of rotatable bonds is 6. The number of aliphatic hydroxyl groups excluding tert-OH is 1. The first-order valence-electron chi connectivity index (χ1n) is 5.09. The highest BCUT2D eigenvalue weighted by Crippen LogP contribution is 2.06. The molecule has 1 heterocycles. The van der Waals surface area contributed by atoms with E-state index in [0.29, 0.717) is 5.92 Å². The second-order valence-corrected chi connectivity index (χ2v) is 3.76. The number of aryl methyl sites for hydroxylation is 1. The molecule has 0 spiro atoms. The summed E-state index contributed by atoms with van der Waals surface area (Å²) in [6, 6.07) is 3.95. The minimum absolute atomic E-state index is 0.267. The van der Waals surface area contributed by atoms with Crippen LogP contribution in [0.4, 0.5) is 0 Å². The fourth-order valence-corrected chi connectivity index (χ4v) is 1.34. The maximum atomic E-state index is 8.71. The van der Waals surface area contributed by atoms with Gasteiger partial charge in [-0.05, 0) is 37.9 Å². The van der Waals surface area contributed by atoms with E-state index in [4.69, 9.17) is 9.52 Å². The molecular weight excluding hydrogens is 178 g/mol. The largest absolute Gasteiger partial charge is 0.465 e. The van der Waals surface area contributed by atoms with E-state index in [1.165, 1.54) is 0 Å². The summed E-state index contributed by atoms with van der Waals surface area (Å²) in [7, 11) is 0. The predicted molar refractivity (Wildman–Crippen MR) is 56.0 cm³/mol. The maximum absolute atomic E-state index is 8.71. The Labute approximate surface area is 85.1 Å². The molecule has 0 aliphatic rings. The van der Waals surface area contributed by atoms with Crippen LogP contribution in [0.3, 0.4) is 0 Å². The first kappa shape index (κ1) is 11.3. The highest BCUT2D eigenvalue weighted by atomic mass is 16.3. The molecule has 0 aliphatic heterocycles. The molecule has 0 radical (unpaired) electrons. The van der Waals surface area contributed by atoms with Crippen molar-refractivity contribution >= 4 is 0 Å². The van der Waals surface area contributed by atoms with E-state index in [2.05, 4.69) is 12.2 Å². The van der Waals surface area contributed by atoms with Gasteiger partial charge in [-0.3, -0.25) is 0 Å². The van der Waals surface area contributed by atoms with Crippen LogP contribution in [0.25, 0.3) is 0 Å². The number of furan rings is 1. The van der Waals surface area contributed by atoms with Crippen molar-refractivity contribution in [2.45, 2.75) is 26.8 Å². The molecule has 0 fully saturated rings. The number of aliphatic hydroxyl groups is 1. The third-order valence-corrected chi connectivity index (χ3v) is 2.21. The molecule has 80 valence electrons. The van der Waals surface area contributed by atoms with E-state index in [-0.39, 0.29) is 6.61 Å². The lowest BCUT2D eigenvalue weighted by Gasteiger charge is -2.09. The summed E-state index contributed by atoms with van der Waals surface area (Å²) in [4.78, 5) is 0. The van der Waals surface area contributed by atoms with E-state index in [1.807, 2.05) is 19.1 Å². The van der Waals surface area contributed by atoms with Gasteiger partial charge in [0.2, 0.25) is 0 Å². The lowest BCUT2D eigenvalue weighted by atomic mass is 10.1. The highest BCUT2D eigenvalue weighted by Gasteiger charge is 2.02. The fourth-order valence-electron chi connectivity index (χ4n) is 1.34. The Morgan fingerprint density at radius 1 is 1.50 bits per heavy atom. The van der Waals surface area contributed by atoms with Crippen LogP contribution in [0, 0.1) is 12.8 Å². The molecule has 0 aliphatic carbocycles. The van der Waals surface area contributed by atoms with Gasteiger partial charge in [0.15, 0.2) is 0 Å². The zero-order valence-electron chi connectivity index (χ0n) is 8.92. The topological polar surface area (TPSA) is 45.4 Å². The zero-order chi connectivity index (χ0) is 10.4. The van der Waals surface area contributed by atoms with Gasteiger partial charge in [0.05, 0.1) is 6.54 Å². The number of hydrogen-bond donors (Lipinski definition) is 2. The lowest BCUT2D eigenvalue weighted by Crippen LogP contribution is -2.21. The summed E-state index contributed by atoms with van der Waals surface area (Å²) in [5.74, 6) is 2.43. The minimum Gasteiger partial charge on any atom is -0.465 e. The van der Waals surface area contributed by atoms with Gasteiger partial charge in [-0.15, -0.1) is 0 Å². The molecule has 1 aromatic rings. The molecule has 0 amide bonds. The second-order valence-electron chi connectivity index (χ2n) is 3.76. The van der Waals surface area contributed by atoms with Crippen molar-refractivity contribution in [2.75, 3.05) is 13.2 Å². The van der Waals surface area contributed by atoms with Gasteiger partial charge in [-0.1, -0.05) is 6.92 Å². The molecule has 3 heteroatoms. The standard InChI is InChI=1S/C11H19NO2/c1-9(5-6-13)7-12-8-11-4-3-10(2)14-11/h3-4,9,12-13H,5-8H2,1-2H3. The van der Waals surface area contributed by atoms with E-state index >= 15 is 0 Å². The lowest BCUT2D eigenvalue weighted by molar-refractivity contribution is 0.259. The molecule has 14 heavy (non-hydrogen) atoms. The Morgan fingerprint density at radius 2 is 2.29 bits per heavy atom. The van der Waals surface area contributed by atoms with Gasteiger partial charge >= 0.3 is 0 Å². The number of nitrogens with one attached hydrogen (secondary N) is 1. The van der Waals surface area contributed by atoms with Crippen molar-refractivity contribution in [2.24, 2.45) is 5.92 Å². The summed E-state index contributed by atoms with van der Waals surface area (Å²) in [6.07, 6.45) is 0.851. The summed E-state index contributed by atoms with van der Waals surface area (Å²) >= 11 is 0. The third kappa shape index (κ3) is 3.94. The molecule has 1 atom stereocenters. The molecule has 1 rings (SSSR count). The van der Waals surface area contributed by atoms with Crippen molar-refractivity contribution < 1.29 is 9.52 Å². The zero-order valence-corrected chi connectivity index (χ0v) is 8.92. The van der Waals surface area contributed by atoms with Crippen molar-refractivity contribution in [3.8, 4) is 0 Å². The second kappa shape index (κ2) is 5.83. The summed E-state index contributed by atoms with van der Waals surface area (Å²) in [5.41, 5.74) is 0. The first-order valence-corrected chi connectivity index (χ1v) is 5.09. The molecule has 2 N–H and O–H groups in total. The van der Waals surface area contributed by atoms with Gasteiger partial charge < -0.3 is 14.8 Å². The molecule has 0 saturated carbocycles. The van der Waals surface area contributed by atoms with E-state index in [9.17, 15) is 0 Å². The predicted octanol–water partition coefficient (Wildman–Crippen LogP) is 1.70. The molecule has 0 saturated heterocycles. The Kier molecular flexibility index (Phi) is 4.70. The average Bonchev–Trinajstić information content (AvgIpc) is 2.52. The van der Waals surface area contributed by atoms with Crippen molar-refractivity contribution in [1.29, 1.82) is 0 Å². The molecule has 3 nitrogen and oxygen atoms in total. The summed E-state index contributed by atoms with van der Waals surface area (Å²) in [6.45, 7) is 6.01. The van der Waals surface area contributed by atoms with Crippen molar-refractivity contribution in [3.63, 3.8) is 0 Å². The SMILES string of the molecule is Cc1ccc(CNCC(C)CCO)o1. The highest BCUT2D eigenvalue weighted by molar-refractivity contribution is 5.05. The van der Waals surface area contributed by atoms with Gasteiger partial charge in [0.25, 0.3) is 0 Å². The van der Waals surface area contributed by atoms with E-state index < -0.39 is 0 Å². The summed E-state index contributed by atoms with van der Waals surface area (Å²) < 4.78 is 5.41. The van der Waals surface area contributed by atoms with E-state index in [1.54, 1.807) is 0 Å². The van der Waals surface area contributed by atoms with Crippen LogP contribution in [0.5, 0.6) is 0 Å². The van der Waals surface area contributed by atoms with Crippen LogP contribution in [-0.2, 0) is 6.54 Å². The minimum atomic E-state index is 0.267. The molecule has 1 unspecified atom stereocenters. The quantitative estimate of drug-likeness (QED) is 0.729. The van der Waals surface area contributed by atoms with Gasteiger partial charge in [-0.25, -0.2) is 0 Å². The van der Waals surface area contributed by atoms with Crippen LogP contribution >= 0.6 is 0 Å².